The number of sulfone groups is 2. The Morgan fingerprint density at radius 2 is 0.917 bits per heavy atom. The number of aliphatic hydroxyl groups excluding tert-OH is 1. The van der Waals surface area contributed by atoms with Crippen molar-refractivity contribution < 1.29 is 65.8 Å². The standard InChI is InChI=1S/C7H6F10O5S2/c8-4(9,10)6(14,15)23(19,20)3(1-2-18)24(21,22)7(16,17)5(11,12)13/h3,18H,1-2H2. The average Bonchev–Trinajstić information content (AvgIpc) is 2.32. The smallest absolute Gasteiger partial charge is 0.396 e. The van der Waals surface area contributed by atoms with E-state index in [-0.39, 0.29) is 0 Å². The van der Waals surface area contributed by atoms with Gasteiger partial charge in [0, 0.05) is 13.0 Å². The number of rotatable bonds is 6. The van der Waals surface area contributed by atoms with Gasteiger partial charge in [-0.2, -0.15) is 43.9 Å². The first-order chi connectivity index (χ1) is 10.2. The lowest BCUT2D eigenvalue weighted by molar-refractivity contribution is -0.242. The van der Waals surface area contributed by atoms with E-state index in [1.54, 1.807) is 0 Å². The Morgan fingerprint density at radius 1 is 0.667 bits per heavy atom. The van der Waals surface area contributed by atoms with E-state index in [0.29, 0.717) is 0 Å². The van der Waals surface area contributed by atoms with Crippen LogP contribution in [0.5, 0.6) is 0 Å². The van der Waals surface area contributed by atoms with Crippen LogP contribution in [0, 0.1) is 0 Å². The van der Waals surface area contributed by atoms with Gasteiger partial charge in [-0.3, -0.25) is 0 Å². The topological polar surface area (TPSA) is 88.5 Å². The molecule has 0 aromatic rings. The van der Waals surface area contributed by atoms with Crippen molar-refractivity contribution in [1.29, 1.82) is 0 Å². The van der Waals surface area contributed by atoms with Crippen LogP contribution in [0.1, 0.15) is 6.42 Å². The summed E-state index contributed by atoms with van der Waals surface area (Å²) in [4.78, 5) is 0. The van der Waals surface area contributed by atoms with Crippen LogP contribution in [0.15, 0.2) is 0 Å². The highest BCUT2D eigenvalue weighted by atomic mass is 32.3. The number of hydrogen-bond donors (Lipinski definition) is 1. The van der Waals surface area contributed by atoms with Gasteiger partial charge in [-0.25, -0.2) is 16.8 Å². The minimum Gasteiger partial charge on any atom is -0.396 e. The molecule has 0 spiro atoms. The number of halogens is 10. The molecule has 24 heavy (non-hydrogen) atoms. The van der Waals surface area contributed by atoms with Crippen LogP contribution in [-0.4, -0.2) is 56.0 Å². The second-order valence-electron chi connectivity index (χ2n) is 4.06. The fraction of sp³-hybridized carbons (Fsp3) is 1.00. The van der Waals surface area contributed by atoms with E-state index in [2.05, 4.69) is 0 Å². The minimum atomic E-state index is -7.51. The van der Waals surface area contributed by atoms with E-state index in [1.807, 2.05) is 0 Å². The van der Waals surface area contributed by atoms with Gasteiger partial charge in [0.15, 0.2) is 4.58 Å². The Hall–Kier alpha value is -0.840. The normalized spacial score (nSPS) is 15.8. The molecule has 5 nitrogen and oxygen atoms in total. The average molecular weight is 424 g/mol. The molecule has 0 aromatic carbocycles. The first kappa shape index (κ1) is 23.2. The molecular formula is C7H6F10O5S2. The monoisotopic (exact) mass is 424 g/mol. The van der Waals surface area contributed by atoms with Crippen LogP contribution in [-0.2, 0) is 19.7 Å². The molecular weight excluding hydrogens is 418 g/mol. The molecule has 0 aromatic heterocycles. The van der Waals surface area contributed by atoms with E-state index in [4.69, 9.17) is 5.11 Å². The SMILES string of the molecule is O=S(=O)(C(CCO)S(=O)(=O)C(F)(F)C(F)(F)F)C(F)(F)C(F)(F)F. The maximum absolute atomic E-state index is 12.9. The molecule has 0 unspecified atom stereocenters. The molecule has 0 radical (unpaired) electrons. The van der Waals surface area contributed by atoms with Gasteiger partial charge >= 0.3 is 22.9 Å². The van der Waals surface area contributed by atoms with E-state index in [1.165, 1.54) is 0 Å². The van der Waals surface area contributed by atoms with Gasteiger partial charge < -0.3 is 5.11 Å². The molecule has 0 aliphatic carbocycles. The third-order valence-electron chi connectivity index (χ3n) is 2.43. The van der Waals surface area contributed by atoms with Gasteiger partial charge in [0.1, 0.15) is 0 Å². The highest BCUT2D eigenvalue weighted by Gasteiger charge is 2.76. The Bertz CT molecular complexity index is 603. The summed E-state index contributed by atoms with van der Waals surface area (Å²) in [5.74, 6) is 0. The van der Waals surface area contributed by atoms with Crippen LogP contribution in [0.4, 0.5) is 43.9 Å². The second kappa shape index (κ2) is 6.15. The van der Waals surface area contributed by atoms with Gasteiger partial charge in [-0.1, -0.05) is 0 Å². The molecule has 0 saturated heterocycles. The van der Waals surface area contributed by atoms with Gasteiger partial charge in [0.05, 0.1) is 0 Å². The number of aliphatic hydroxyl groups is 1. The first-order valence-electron chi connectivity index (χ1n) is 5.16. The molecule has 146 valence electrons. The van der Waals surface area contributed by atoms with E-state index in [0.717, 1.165) is 0 Å². The molecule has 0 rings (SSSR count). The lowest BCUT2D eigenvalue weighted by atomic mass is 10.5. The van der Waals surface area contributed by atoms with Crippen molar-refractivity contribution in [1.82, 2.24) is 0 Å². The molecule has 0 aliphatic heterocycles. The molecule has 0 aliphatic rings. The molecule has 0 amide bonds. The van der Waals surface area contributed by atoms with E-state index >= 15 is 0 Å². The van der Waals surface area contributed by atoms with Gasteiger partial charge in [-0.05, 0) is 0 Å². The zero-order chi connectivity index (χ0) is 20.0. The van der Waals surface area contributed by atoms with Crippen LogP contribution < -0.4 is 0 Å². The second-order valence-corrected chi connectivity index (χ2v) is 8.70. The van der Waals surface area contributed by atoms with Crippen LogP contribution in [0.2, 0.25) is 0 Å². The number of hydrogen-bond acceptors (Lipinski definition) is 5. The molecule has 1 N–H and O–H groups in total. The molecule has 0 fully saturated rings. The molecule has 0 bridgehead atoms. The zero-order valence-corrected chi connectivity index (χ0v) is 12.3. The van der Waals surface area contributed by atoms with Gasteiger partial charge in [-0.15, -0.1) is 0 Å². The van der Waals surface area contributed by atoms with E-state index in [9.17, 15) is 60.7 Å². The molecule has 0 atom stereocenters. The fourth-order valence-electron chi connectivity index (χ4n) is 1.24. The van der Waals surface area contributed by atoms with Gasteiger partial charge in [0.25, 0.3) is 0 Å². The summed E-state index contributed by atoms with van der Waals surface area (Å²) >= 11 is 0. The maximum atomic E-state index is 12.9. The molecule has 0 heterocycles. The van der Waals surface area contributed by atoms with Crippen LogP contribution >= 0.6 is 0 Å². The first-order valence-corrected chi connectivity index (χ1v) is 8.25. The predicted molar refractivity (Wildman–Crippen MR) is 55.3 cm³/mol. The van der Waals surface area contributed by atoms with Crippen LogP contribution in [0.3, 0.4) is 0 Å². The third kappa shape index (κ3) is 3.42. The van der Waals surface area contributed by atoms with Crippen molar-refractivity contribution in [2.24, 2.45) is 0 Å². The molecule has 17 heteroatoms. The third-order valence-corrected chi connectivity index (χ3v) is 7.70. The Balaban J connectivity index is 6.58. The van der Waals surface area contributed by atoms with Crippen molar-refractivity contribution >= 4 is 19.7 Å². The molecule has 0 saturated carbocycles. The largest absolute Gasteiger partial charge is 0.469 e. The summed E-state index contributed by atoms with van der Waals surface area (Å²) in [6.45, 7) is -1.90. The van der Waals surface area contributed by atoms with Crippen molar-refractivity contribution in [2.75, 3.05) is 6.61 Å². The Kier molecular flexibility index (Phi) is 5.94. The lowest BCUT2D eigenvalue weighted by Gasteiger charge is -2.28. The number of alkyl halides is 10. The predicted octanol–water partition coefficient (Wildman–Crippen LogP) is 1.83. The van der Waals surface area contributed by atoms with Crippen molar-refractivity contribution in [3.8, 4) is 0 Å². The fourth-order valence-corrected chi connectivity index (χ4v) is 5.43. The van der Waals surface area contributed by atoms with Crippen molar-refractivity contribution in [2.45, 2.75) is 33.9 Å². The van der Waals surface area contributed by atoms with Crippen LogP contribution in [0.25, 0.3) is 0 Å². The van der Waals surface area contributed by atoms with Crippen molar-refractivity contribution in [3.05, 3.63) is 0 Å². The Labute approximate surface area is 127 Å². The Morgan fingerprint density at radius 3 is 1.08 bits per heavy atom. The minimum absolute atomic E-state index is 1.90. The van der Waals surface area contributed by atoms with Gasteiger partial charge in [0.2, 0.25) is 19.7 Å². The summed E-state index contributed by atoms with van der Waals surface area (Å²) in [5.41, 5.74) is 0. The highest BCUT2D eigenvalue weighted by Crippen LogP contribution is 2.48. The van der Waals surface area contributed by atoms with E-state index < -0.39 is 60.1 Å². The summed E-state index contributed by atoms with van der Waals surface area (Å²) in [6, 6.07) is 0. The summed E-state index contributed by atoms with van der Waals surface area (Å²) < 4.78 is 164. The zero-order valence-electron chi connectivity index (χ0n) is 10.7. The quantitative estimate of drug-likeness (QED) is 0.658. The summed E-state index contributed by atoms with van der Waals surface area (Å²) in [5, 5.41) is -5.61. The summed E-state index contributed by atoms with van der Waals surface area (Å²) in [6.07, 6.45) is -16.3. The maximum Gasteiger partial charge on any atom is 0.469 e. The highest BCUT2D eigenvalue weighted by molar-refractivity contribution is 8.10. The summed E-state index contributed by atoms with van der Waals surface area (Å²) in [7, 11) is -15.0. The lowest BCUT2D eigenvalue weighted by Crippen LogP contribution is -2.56. The van der Waals surface area contributed by atoms with Crippen molar-refractivity contribution in [3.63, 3.8) is 0 Å².